The summed E-state index contributed by atoms with van der Waals surface area (Å²) >= 11 is 7.49. The summed E-state index contributed by atoms with van der Waals surface area (Å²) in [5.41, 5.74) is 2.82. The van der Waals surface area contributed by atoms with Gasteiger partial charge in [0.25, 0.3) is 15.9 Å². The van der Waals surface area contributed by atoms with Crippen molar-refractivity contribution in [3.8, 4) is 0 Å². The zero-order chi connectivity index (χ0) is 26.0. The molecule has 0 aliphatic heterocycles. The van der Waals surface area contributed by atoms with Crippen molar-refractivity contribution in [2.75, 3.05) is 9.62 Å². The maximum atomic E-state index is 14.0. The number of carbonyl (C=O) groups excluding carboxylic acids is 1. The van der Waals surface area contributed by atoms with E-state index < -0.39 is 15.9 Å². The minimum Gasteiger partial charge on any atom is -0.279 e. The molecule has 1 amide bonds. The van der Waals surface area contributed by atoms with Gasteiger partial charge in [-0.3, -0.25) is 19.4 Å². The van der Waals surface area contributed by atoms with Crippen LogP contribution < -0.4 is 9.62 Å². The summed E-state index contributed by atoms with van der Waals surface area (Å²) in [6.07, 6.45) is 3.33. The molecule has 2 heterocycles. The van der Waals surface area contributed by atoms with Crippen molar-refractivity contribution in [2.24, 2.45) is 0 Å². The number of halogens is 1. The Balaban J connectivity index is 1.55. The molecule has 2 aromatic heterocycles. The molecular formula is C27H21ClN4O3S2. The van der Waals surface area contributed by atoms with E-state index >= 15 is 0 Å². The Bertz CT molecular complexity index is 1690. The number of aromatic nitrogens is 2. The van der Waals surface area contributed by atoms with Crippen LogP contribution >= 0.6 is 22.9 Å². The summed E-state index contributed by atoms with van der Waals surface area (Å²) in [4.78, 5) is 24.4. The molecule has 10 heteroatoms. The normalized spacial score (nSPS) is 11.4. The number of carbonyl (C=O) groups is 1. The molecule has 7 nitrogen and oxygen atoms in total. The minimum absolute atomic E-state index is 0.107. The lowest BCUT2D eigenvalue weighted by atomic mass is 10.1. The molecule has 0 aliphatic rings. The zero-order valence-electron chi connectivity index (χ0n) is 19.6. The third kappa shape index (κ3) is 5.48. The molecule has 0 atom stereocenters. The van der Waals surface area contributed by atoms with E-state index in [0.29, 0.717) is 15.7 Å². The van der Waals surface area contributed by atoms with Crippen LogP contribution in [0.3, 0.4) is 0 Å². The Morgan fingerprint density at radius 1 is 1.03 bits per heavy atom. The highest BCUT2D eigenvalue weighted by molar-refractivity contribution is 7.92. The van der Waals surface area contributed by atoms with E-state index in [1.807, 2.05) is 13.0 Å². The van der Waals surface area contributed by atoms with Crippen molar-refractivity contribution in [1.29, 1.82) is 0 Å². The van der Waals surface area contributed by atoms with Crippen LogP contribution in [0.2, 0.25) is 5.02 Å². The van der Waals surface area contributed by atoms with Crippen molar-refractivity contribution in [3.63, 3.8) is 0 Å². The molecule has 37 heavy (non-hydrogen) atoms. The van der Waals surface area contributed by atoms with Crippen LogP contribution in [-0.4, -0.2) is 24.3 Å². The Morgan fingerprint density at radius 3 is 2.57 bits per heavy atom. The van der Waals surface area contributed by atoms with Gasteiger partial charge >= 0.3 is 0 Å². The number of sulfonamides is 1. The number of benzene rings is 3. The molecule has 0 unspecified atom stereocenters. The summed E-state index contributed by atoms with van der Waals surface area (Å²) in [5, 5.41) is 1.03. The molecule has 0 saturated heterocycles. The fraction of sp³-hybridized carbons (Fsp3) is 0.0741. The lowest BCUT2D eigenvalue weighted by Crippen LogP contribution is -2.31. The smallest absolute Gasteiger partial charge is 0.262 e. The molecule has 5 rings (SSSR count). The number of aryl methyl sites for hydroxylation is 1. The maximum absolute atomic E-state index is 14.0. The van der Waals surface area contributed by atoms with Crippen LogP contribution in [0.15, 0.2) is 96.2 Å². The SMILES string of the molecule is Cc1ccc(S(=O)(=O)Nc2ccccc2C(=O)N(Cc2cccnc2)c2nc3ccc(Cl)cc3s2)cc1. The second-order valence-corrected chi connectivity index (χ2v) is 11.5. The molecule has 5 aromatic rings. The average molecular weight is 549 g/mol. The molecule has 3 aromatic carbocycles. The number of anilines is 2. The number of hydrogen-bond donors (Lipinski definition) is 1. The van der Waals surface area contributed by atoms with E-state index in [0.717, 1.165) is 15.8 Å². The topological polar surface area (TPSA) is 92.3 Å². The van der Waals surface area contributed by atoms with Crippen molar-refractivity contribution < 1.29 is 13.2 Å². The third-order valence-corrected chi connectivity index (χ3v) is 8.27. The van der Waals surface area contributed by atoms with Gasteiger partial charge in [0.1, 0.15) is 0 Å². The Labute approximate surface area is 223 Å². The molecule has 0 saturated carbocycles. The quantitative estimate of drug-likeness (QED) is 0.257. The van der Waals surface area contributed by atoms with Crippen molar-refractivity contribution in [1.82, 2.24) is 9.97 Å². The molecule has 0 radical (unpaired) electrons. The van der Waals surface area contributed by atoms with Gasteiger partial charge in [0.2, 0.25) is 0 Å². The third-order valence-electron chi connectivity index (χ3n) is 5.61. The van der Waals surface area contributed by atoms with Gasteiger partial charge in [0.15, 0.2) is 5.13 Å². The summed E-state index contributed by atoms with van der Waals surface area (Å²) in [7, 11) is -3.92. The molecule has 0 fully saturated rings. The Kier molecular flexibility index (Phi) is 6.92. The second-order valence-electron chi connectivity index (χ2n) is 8.33. The van der Waals surface area contributed by atoms with Gasteiger partial charge in [-0.1, -0.05) is 58.8 Å². The number of nitrogens with zero attached hydrogens (tertiary/aromatic N) is 3. The number of amides is 1. The minimum atomic E-state index is -3.92. The van der Waals surface area contributed by atoms with Crippen LogP contribution in [-0.2, 0) is 16.6 Å². The predicted octanol–water partition coefficient (Wildman–Crippen LogP) is 6.30. The first kappa shape index (κ1) is 24.9. The van der Waals surface area contributed by atoms with Gasteiger partial charge < -0.3 is 0 Å². The largest absolute Gasteiger partial charge is 0.279 e. The van der Waals surface area contributed by atoms with E-state index in [1.54, 1.807) is 73.1 Å². The Hall–Kier alpha value is -3.79. The Morgan fingerprint density at radius 2 is 1.81 bits per heavy atom. The number of rotatable bonds is 7. The number of hydrogen-bond acceptors (Lipinski definition) is 6. The van der Waals surface area contributed by atoms with E-state index in [2.05, 4.69) is 14.7 Å². The van der Waals surface area contributed by atoms with Gasteiger partial charge in [-0.05, 0) is 61.0 Å². The van der Waals surface area contributed by atoms with Crippen LogP contribution in [0.4, 0.5) is 10.8 Å². The standard InChI is InChI=1S/C27H21ClN4O3S2/c1-18-8-11-21(12-9-18)37(34,35)31-23-7-3-2-6-22(23)26(33)32(17-19-5-4-14-29-16-19)27-30-24-13-10-20(28)15-25(24)36-27/h2-16,31H,17H2,1H3. The highest BCUT2D eigenvalue weighted by atomic mass is 35.5. The van der Waals surface area contributed by atoms with Crippen molar-refractivity contribution in [3.05, 3.63) is 113 Å². The van der Waals surface area contributed by atoms with Gasteiger partial charge in [0, 0.05) is 17.4 Å². The predicted molar refractivity (Wildman–Crippen MR) is 148 cm³/mol. The summed E-state index contributed by atoms with van der Waals surface area (Å²) in [6.45, 7) is 2.07. The van der Waals surface area contributed by atoms with Crippen LogP contribution in [0.1, 0.15) is 21.5 Å². The monoisotopic (exact) mass is 548 g/mol. The van der Waals surface area contributed by atoms with Crippen LogP contribution in [0, 0.1) is 6.92 Å². The van der Waals surface area contributed by atoms with Gasteiger partial charge in [-0.15, -0.1) is 0 Å². The first-order chi connectivity index (χ1) is 17.8. The lowest BCUT2D eigenvalue weighted by molar-refractivity contribution is 0.0986. The summed E-state index contributed by atoms with van der Waals surface area (Å²) < 4.78 is 29.6. The van der Waals surface area contributed by atoms with Crippen LogP contribution in [0.5, 0.6) is 0 Å². The number of pyridine rings is 1. The van der Waals surface area contributed by atoms with E-state index in [4.69, 9.17) is 11.6 Å². The van der Waals surface area contributed by atoms with Crippen molar-refractivity contribution in [2.45, 2.75) is 18.4 Å². The molecule has 0 spiro atoms. The number of para-hydroxylation sites is 1. The average Bonchev–Trinajstić information content (AvgIpc) is 3.31. The molecule has 0 aliphatic carbocycles. The van der Waals surface area contributed by atoms with E-state index in [9.17, 15) is 13.2 Å². The molecule has 1 N–H and O–H groups in total. The lowest BCUT2D eigenvalue weighted by Gasteiger charge is -2.22. The first-order valence-electron chi connectivity index (χ1n) is 11.3. The first-order valence-corrected chi connectivity index (χ1v) is 13.9. The highest BCUT2D eigenvalue weighted by Gasteiger charge is 2.26. The van der Waals surface area contributed by atoms with E-state index in [-0.39, 0.29) is 22.7 Å². The fourth-order valence-corrected chi connectivity index (χ4v) is 6.05. The zero-order valence-corrected chi connectivity index (χ0v) is 22.0. The molecular weight excluding hydrogens is 528 g/mol. The highest BCUT2D eigenvalue weighted by Crippen LogP contribution is 2.33. The number of fused-ring (bicyclic) bond motifs is 1. The second kappa shape index (κ2) is 10.3. The fourth-order valence-electron chi connectivity index (χ4n) is 3.73. The van der Waals surface area contributed by atoms with Gasteiger partial charge in [0.05, 0.1) is 32.9 Å². The number of nitrogens with one attached hydrogen (secondary N) is 1. The maximum Gasteiger partial charge on any atom is 0.262 e. The van der Waals surface area contributed by atoms with Crippen LogP contribution in [0.25, 0.3) is 10.2 Å². The van der Waals surface area contributed by atoms with Gasteiger partial charge in [-0.2, -0.15) is 0 Å². The summed E-state index contributed by atoms with van der Waals surface area (Å²) in [5.74, 6) is -0.406. The van der Waals surface area contributed by atoms with Crippen molar-refractivity contribution >= 4 is 59.9 Å². The summed E-state index contributed by atoms with van der Waals surface area (Å²) in [6, 6.07) is 22.0. The van der Waals surface area contributed by atoms with Gasteiger partial charge in [-0.25, -0.2) is 13.4 Å². The van der Waals surface area contributed by atoms with E-state index in [1.165, 1.54) is 28.4 Å². The molecule has 186 valence electrons. The number of thiazole rings is 1. The molecule has 0 bridgehead atoms.